The van der Waals surface area contributed by atoms with E-state index < -0.39 is 0 Å². The van der Waals surface area contributed by atoms with Crippen molar-refractivity contribution in [3.05, 3.63) is 60.1 Å². The highest BCUT2D eigenvalue weighted by molar-refractivity contribution is 5.18. The number of rotatable bonds is 5. The zero-order valence-corrected chi connectivity index (χ0v) is 9.52. The zero-order chi connectivity index (χ0) is 11.2. The van der Waals surface area contributed by atoms with E-state index in [1.54, 1.807) is 6.26 Å². The quantitative estimate of drug-likeness (QED) is 0.828. The minimum Gasteiger partial charge on any atom is -0.468 e. The maximum absolute atomic E-state index is 5.46. The molecule has 2 aromatic rings. The molecule has 16 heavy (non-hydrogen) atoms. The average Bonchev–Trinajstić information content (AvgIpc) is 2.83. The molecule has 0 spiro atoms. The minimum absolute atomic E-state index is 0.266. The van der Waals surface area contributed by atoms with Crippen LogP contribution >= 0.6 is 0 Å². The second kappa shape index (κ2) is 5.52. The van der Waals surface area contributed by atoms with Gasteiger partial charge in [-0.2, -0.15) is 0 Å². The molecule has 1 aromatic heterocycles. The first-order valence-corrected chi connectivity index (χ1v) is 5.71. The smallest absolute Gasteiger partial charge is 0.121 e. The van der Waals surface area contributed by atoms with Gasteiger partial charge >= 0.3 is 0 Å². The van der Waals surface area contributed by atoms with Gasteiger partial charge in [0.15, 0.2) is 0 Å². The van der Waals surface area contributed by atoms with Gasteiger partial charge in [-0.15, -0.1) is 0 Å². The highest BCUT2D eigenvalue weighted by atomic mass is 16.3. The topological polar surface area (TPSA) is 25.2 Å². The van der Waals surface area contributed by atoms with Gasteiger partial charge in [0.1, 0.15) is 5.76 Å². The van der Waals surface area contributed by atoms with Crippen molar-refractivity contribution in [2.24, 2.45) is 0 Å². The van der Waals surface area contributed by atoms with E-state index in [1.165, 1.54) is 5.56 Å². The van der Waals surface area contributed by atoms with Crippen molar-refractivity contribution in [3.63, 3.8) is 0 Å². The number of hydrogen-bond acceptors (Lipinski definition) is 2. The summed E-state index contributed by atoms with van der Waals surface area (Å²) in [6, 6.07) is 14.7. The Bertz CT molecular complexity index is 394. The van der Waals surface area contributed by atoms with Crippen LogP contribution in [0, 0.1) is 0 Å². The van der Waals surface area contributed by atoms with Gasteiger partial charge in [-0.1, -0.05) is 37.3 Å². The number of benzene rings is 1. The number of hydrogen-bond donors (Lipinski definition) is 1. The van der Waals surface area contributed by atoms with Crippen LogP contribution in [-0.2, 0) is 6.42 Å². The molecule has 2 heteroatoms. The molecular weight excluding hydrogens is 198 g/mol. The summed E-state index contributed by atoms with van der Waals surface area (Å²) in [7, 11) is 0. The summed E-state index contributed by atoms with van der Waals surface area (Å²) in [6.45, 7) is 3.05. The highest BCUT2D eigenvalue weighted by Crippen LogP contribution is 2.18. The zero-order valence-electron chi connectivity index (χ0n) is 9.52. The largest absolute Gasteiger partial charge is 0.468 e. The van der Waals surface area contributed by atoms with Crippen LogP contribution in [-0.4, -0.2) is 6.54 Å². The second-order valence-electron chi connectivity index (χ2n) is 3.82. The predicted octanol–water partition coefficient (Wildman–Crippen LogP) is 3.17. The Balaban J connectivity index is 2.09. The van der Waals surface area contributed by atoms with Crippen LogP contribution in [0.15, 0.2) is 53.1 Å². The second-order valence-corrected chi connectivity index (χ2v) is 3.82. The summed E-state index contributed by atoms with van der Waals surface area (Å²) < 4.78 is 5.46. The summed E-state index contributed by atoms with van der Waals surface area (Å²) in [6.07, 6.45) is 2.69. The van der Waals surface area contributed by atoms with E-state index in [2.05, 4.69) is 36.5 Å². The van der Waals surface area contributed by atoms with Gasteiger partial charge in [0, 0.05) is 0 Å². The molecule has 0 aliphatic carbocycles. The molecule has 0 fully saturated rings. The summed E-state index contributed by atoms with van der Waals surface area (Å²) in [4.78, 5) is 0. The van der Waals surface area contributed by atoms with Crippen LogP contribution < -0.4 is 5.32 Å². The van der Waals surface area contributed by atoms with Crippen molar-refractivity contribution < 1.29 is 4.42 Å². The maximum atomic E-state index is 5.46. The fraction of sp³-hybridized carbons (Fsp3) is 0.286. The van der Waals surface area contributed by atoms with Crippen molar-refractivity contribution in [1.82, 2.24) is 5.32 Å². The van der Waals surface area contributed by atoms with E-state index in [1.807, 2.05) is 18.2 Å². The third-order valence-corrected chi connectivity index (χ3v) is 2.62. The molecule has 1 atom stereocenters. The van der Waals surface area contributed by atoms with Crippen molar-refractivity contribution in [1.29, 1.82) is 0 Å². The summed E-state index contributed by atoms with van der Waals surface area (Å²) >= 11 is 0. The Labute approximate surface area is 96.3 Å². The molecule has 0 saturated heterocycles. The van der Waals surface area contributed by atoms with Gasteiger partial charge in [0.25, 0.3) is 0 Å². The van der Waals surface area contributed by atoms with Crippen molar-refractivity contribution in [3.8, 4) is 0 Å². The molecule has 0 amide bonds. The SMILES string of the molecule is CCN[C@H](Cc1ccccc1)c1ccco1. The van der Waals surface area contributed by atoms with Gasteiger partial charge in [0.2, 0.25) is 0 Å². The van der Waals surface area contributed by atoms with E-state index in [0.29, 0.717) is 0 Å². The molecule has 0 radical (unpaired) electrons. The molecule has 2 nitrogen and oxygen atoms in total. The lowest BCUT2D eigenvalue weighted by molar-refractivity contribution is 0.416. The molecule has 0 saturated carbocycles. The standard InChI is InChI=1S/C14H17NO/c1-2-15-13(14-9-6-10-16-14)11-12-7-4-3-5-8-12/h3-10,13,15H,2,11H2,1H3/t13-/m1/s1. The third-order valence-electron chi connectivity index (χ3n) is 2.62. The summed E-state index contributed by atoms with van der Waals surface area (Å²) in [5.41, 5.74) is 1.32. The lowest BCUT2D eigenvalue weighted by atomic mass is 10.0. The molecular formula is C14H17NO. The van der Waals surface area contributed by atoms with Gasteiger partial charge in [-0.25, -0.2) is 0 Å². The lowest BCUT2D eigenvalue weighted by Gasteiger charge is -2.15. The molecule has 0 aliphatic heterocycles. The van der Waals surface area contributed by atoms with Crippen molar-refractivity contribution in [2.45, 2.75) is 19.4 Å². The van der Waals surface area contributed by atoms with E-state index in [-0.39, 0.29) is 6.04 Å². The highest BCUT2D eigenvalue weighted by Gasteiger charge is 2.13. The van der Waals surface area contributed by atoms with E-state index in [9.17, 15) is 0 Å². The lowest BCUT2D eigenvalue weighted by Crippen LogP contribution is -2.22. The van der Waals surface area contributed by atoms with Crippen LogP contribution in [0.3, 0.4) is 0 Å². The number of nitrogens with one attached hydrogen (secondary N) is 1. The summed E-state index contributed by atoms with van der Waals surface area (Å²) in [5, 5.41) is 3.44. The molecule has 0 unspecified atom stereocenters. The summed E-state index contributed by atoms with van der Waals surface area (Å²) in [5.74, 6) is 1.01. The van der Waals surface area contributed by atoms with Crippen molar-refractivity contribution in [2.75, 3.05) is 6.54 Å². The van der Waals surface area contributed by atoms with Gasteiger partial charge in [0.05, 0.1) is 12.3 Å². The Hall–Kier alpha value is -1.54. The molecule has 1 heterocycles. The Kier molecular flexibility index (Phi) is 3.78. The Morgan fingerprint density at radius 2 is 1.94 bits per heavy atom. The van der Waals surface area contributed by atoms with E-state index in [4.69, 9.17) is 4.42 Å². The molecule has 1 aromatic carbocycles. The van der Waals surface area contributed by atoms with Gasteiger partial charge < -0.3 is 9.73 Å². The van der Waals surface area contributed by atoms with Gasteiger partial charge in [-0.05, 0) is 30.7 Å². The first-order chi connectivity index (χ1) is 7.90. The van der Waals surface area contributed by atoms with Crippen LogP contribution in [0.1, 0.15) is 24.3 Å². The Morgan fingerprint density at radius 1 is 1.12 bits per heavy atom. The average molecular weight is 215 g/mol. The fourth-order valence-corrected chi connectivity index (χ4v) is 1.86. The molecule has 84 valence electrons. The van der Waals surface area contributed by atoms with E-state index in [0.717, 1.165) is 18.7 Å². The normalized spacial score (nSPS) is 12.6. The minimum atomic E-state index is 0.266. The molecule has 0 aliphatic rings. The molecule has 0 bridgehead atoms. The molecule has 2 rings (SSSR count). The van der Waals surface area contributed by atoms with Crippen molar-refractivity contribution >= 4 is 0 Å². The predicted molar refractivity (Wildman–Crippen MR) is 65.3 cm³/mol. The maximum Gasteiger partial charge on any atom is 0.121 e. The Morgan fingerprint density at radius 3 is 2.56 bits per heavy atom. The third kappa shape index (κ3) is 2.74. The fourth-order valence-electron chi connectivity index (χ4n) is 1.86. The van der Waals surface area contributed by atoms with Crippen LogP contribution in [0.4, 0.5) is 0 Å². The molecule has 1 N–H and O–H groups in total. The monoisotopic (exact) mass is 215 g/mol. The van der Waals surface area contributed by atoms with Crippen LogP contribution in [0.2, 0.25) is 0 Å². The number of furan rings is 1. The van der Waals surface area contributed by atoms with Gasteiger partial charge in [-0.3, -0.25) is 0 Å². The van der Waals surface area contributed by atoms with Crippen LogP contribution in [0.25, 0.3) is 0 Å². The first kappa shape index (κ1) is 11.0. The van der Waals surface area contributed by atoms with Crippen LogP contribution in [0.5, 0.6) is 0 Å². The number of likely N-dealkylation sites (N-methyl/N-ethyl adjacent to an activating group) is 1. The van der Waals surface area contributed by atoms with E-state index >= 15 is 0 Å². The first-order valence-electron chi connectivity index (χ1n) is 5.71.